The molecule has 0 aliphatic heterocycles. The third-order valence-corrected chi connectivity index (χ3v) is 4.58. The van der Waals surface area contributed by atoms with Crippen molar-refractivity contribution in [3.8, 4) is 22.8 Å². The SMILES string of the molecule is CC(=O)C(C)=CCCCc1cccc(Oc2ccc(-c3cnc(N)c#[n+]3)cc2)c1. The molecule has 0 atom stereocenters. The summed E-state index contributed by atoms with van der Waals surface area (Å²) in [6.45, 7) is 3.46. The number of carbonyl (C=O) groups is 1. The number of aryl methyl sites for hydroxylation is 1. The summed E-state index contributed by atoms with van der Waals surface area (Å²) in [5, 5.41) is 0. The Morgan fingerprint density at radius 2 is 1.97 bits per heavy atom. The number of rotatable bonds is 8. The lowest BCUT2D eigenvalue weighted by molar-refractivity contribution is -0.280. The van der Waals surface area contributed by atoms with Crippen LogP contribution in [0.25, 0.3) is 11.3 Å². The zero-order chi connectivity index (χ0) is 20.6. The molecule has 2 aromatic carbocycles. The molecule has 0 aliphatic rings. The van der Waals surface area contributed by atoms with E-state index >= 15 is 0 Å². The molecule has 0 saturated heterocycles. The molecule has 3 aromatic rings. The van der Waals surface area contributed by atoms with Gasteiger partial charge in [0.25, 0.3) is 5.82 Å². The van der Waals surface area contributed by atoms with Gasteiger partial charge in [-0.3, -0.25) is 4.79 Å². The first-order chi connectivity index (χ1) is 14.0. The zero-order valence-corrected chi connectivity index (χ0v) is 16.7. The largest absolute Gasteiger partial charge is 0.457 e. The van der Waals surface area contributed by atoms with Crippen LogP contribution in [0.4, 0.5) is 5.82 Å². The Labute approximate surface area is 171 Å². The monoisotopic (exact) mass is 386 g/mol. The predicted molar refractivity (Wildman–Crippen MR) is 112 cm³/mol. The Hall–Kier alpha value is -3.65. The van der Waals surface area contributed by atoms with Gasteiger partial charge in [0, 0.05) is 0 Å². The minimum atomic E-state index is 0.132. The summed E-state index contributed by atoms with van der Waals surface area (Å²) in [6.07, 6.45) is 9.10. The van der Waals surface area contributed by atoms with Crippen LogP contribution in [-0.2, 0) is 11.2 Å². The van der Waals surface area contributed by atoms with Gasteiger partial charge < -0.3 is 10.5 Å². The van der Waals surface area contributed by atoms with Crippen molar-refractivity contribution in [2.24, 2.45) is 0 Å². The lowest BCUT2D eigenvalue weighted by Gasteiger charge is -2.08. The van der Waals surface area contributed by atoms with E-state index in [-0.39, 0.29) is 11.6 Å². The number of Topliss-reactive ketones (excluding diaryl/α,β-unsaturated/α-hetero) is 1. The third kappa shape index (κ3) is 5.91. The van der Waals surface area contributed by atoms with E-state index in [4.69, 9.17) is 10.5 Å². The van der Waals surface area contributed by atoms with Crippen molar-refractivity contribution in [2.75, 3.05) is 5.73 Å². The quantitative estimate of drug-likeness (QED) is 0.459. The van der Waals surface area contributed by atoms with Crippen molar-refractivity contribution in [3.63, 3.8) is 0 Å². The highest BCUT2D eigenvalue weighted by molar-refractivity contribution is 5.92. The normalized spacial score (nSPS) is 11.0. The van der Waals surface area contributed by atoms with E-state index < -0.39 is 0 Å². The van der Waals surface area contributed by atoms with Gasteiger partial charge in [-0.2, -0.15) is 0 Å². The molecule has 5 nitrogen and oxygen atoms in total. The zero-order valence-electron chi connectivity index (χ0n) is 16.7. The molecule has 2 N–H and O–H groups in total. The molecule has 5 heteroatoms. The summed E-state index contributed by atoms with van der Waals surface area (Å²) in [4.78, 5) is 19.4. The minimum absolute atomic E-state index is 0.132. The molecule has 0 bridgehead atoms. The van der Waals surface area contributed by atoms with Crippen LogP contribution < -0.4 is 15.5 Å². The van der Waals surface area contributed by atoms with Gasteiger partial charge in [0.15, 0.2) is 5.78 Å². The van der Waals surface area contributed by atoms with Crippen LogP contribution in [0.15, 0.2) is 66.4 Å². The van der Waals surface area contributed by atoms with Crippen LogP contribution in [-0.4, -0.2) is 10.8 Å². The van der Waals surface area contributed by atoms with Crippen LogP contribution in [0, 0.1) is 6.20 Å². The Morgan fingerprint density at radius 1 is 1.17 bits per heavy atom. The van der Waals surface area contributed by atoms with Gasteiger partial charge in [0.05, 0.1) is 5.56 Å². The maximum absolute atomic E-state index is 11.2. The van der Waals surface area contributed by atoms with Crippen molar-refractivity contribution < 1.29 is 14.5 Å². The summed E-state index contributed by atoms with van der Waals surface area (Å²) in [7, 11) is 0. The number of allylic oxidation sites excluding steroid dienone is 2. The molecule has 146 valence electrons. The number of unbranched alkanes of at least 4 members (excludes halogenated alkanes) is 1. The average molecular weight is 386 g/mol. The molecular weight excluding hydrogens is 362 g/mol. The van der Waals surface area contributed by atoms with E-state index in [0.717, 1.165) is 41.9 Å². The Bertz CT molecular complexity index is 993. The summed E-state index contributed by atoms with van der Waals surface area (Å²) in [6, 6.07) is 15.7. The molecule has 0 spiro atoms. The van der Waals surface area contributed by atoms with E-state index in [1.807, 2.05) is 49.4 Å². The smallest absolute Gasteiger partial charge is 0.366 e. The number of anilines is 1. The molecule has 3 rings (SSSR count). The van der Waals surface area contributed by atoms with Gasteiger partial charge in [-0.15, -0.1) is 0 Å². The Balaban J connectivity index is 1.59. The van der Waals surface area contributed by atoms with Gasteiger partial charge >= 0.3 is 11.9 Å². The molecule has 0 saturated carbocycles. The molecule has 1 aromatic heterocycles. The average Bonchev–Trinajstić information content (AvgIpc) is 2.72. The van der Waals surface area contributed by atoms with Crippen molar-refractivity contribution in [3.05, 3.63) is 78.1 Å². The fourth-order valence-corrected chi connectivity index (χ4v) is 2.81. The van der Waals surface area contributed by atoms with Crippen LogP contribution in [0.2, 0.25) is 0 Å². The molecule has 0 amide bonds. The van der Waals surface area contributed by atoms with Crippen LogP contribution >= 0.6 is 0 Å². The molecule has 0 radical (unpaired) electrons. The van der Waals surface area contributed by atoms with Gasteiger partial charge in [-0.25, -0.2) is 4.98 Å². The number of benzene rings is 2. The first kappa shape index (κ1) is 20.1. The highest BCUT2D eigenvalue weighted by Crippen LogP contribution is 2.25. The molecule has 29 heavy (non-hydrogen) atoms. The molecule has 0 unspecified atom stereocenters. The maximum Gasteiger partial charge on any atom is 0.366 e. The van der Waals surface area contributed by atoms with Crippen LogP contribution in [0.5, 0.6) is 11.5 Å². The topological polar surface area (TPSA) is 79.3 Å². The second-order valence-electron chi connectivity index (χ2n) is 6.86. The lowest BCUT2D eigenvalue weighted by atomic mass is 10.1. The van der Waals surface area contributed by atoms with Crippen molar-refractivity contribution in [2.45, 2.75) is 33.1 Å². The van der Waals surface area contributed by atoms with Crippen LogP contribution in [0.1, 0.15) is 32.3 Å². The second kappa shape index (κ2) is 9.52. The van der Waals surface area contributed by atoms with Gasteiger partial charge in [-0.1, -0.05) is 18.2 Å². The van der Waals surface area contributed by atoms with Gasteiger partial charge in [0.1, 0.15) is 17.7 Å². The van der Waals surface area contributed by atoms with E-state index in [2.05, 4.69) is 28.3 Å². The number of nitrogens with zero attached hydrogens (tertiary/aromatic N) is 2. The van der Waals surface area contributed by atoms with E-state index in [1.165, 1.54) is 5.56 Å². The highest BCUT2D eigenvalue weighted by Gasteiger charge is 2.10. The molecular formula is C24H24N3O2+. The minimum Gasteiger partial charge on any atom is -0.457 e. The predicted octanol–water partition coefficient (Wildman–Crippen LogP) is 4.38. The van der Waals surface area contributed by atoms with Crippen molar-refractivity contribution >= 4 is 11.6 Å². The Morgan fingerprint density at radius 3 is 2.66 bits per heavy atom. The highest BCUT2D eigenvalue weighted by atomic mass is 16.5. The standard InChI is InChI=1S/C24H24N3O2/c1-17(18(2)28)6-3-4-7-19-8-5-9-22(14-19)29-21-12-10-20(11-13-21)23-15-27-24(25)16-26-23/h5-6,8-15H,3-4,7H2,1-2H3,(H2,25,27)/q+1. The fourth-order valence-electron chi connectivity index (χ4n) is 2.81. The summed E-state index contributed by atoms with van der Waals surface area (Å²) >= 11 is 0. The number of aromatic nitrogens is 2. The summed E-state index contributed by atoms with van der Waals surface area (Å²) < 4.78 is 5.98. The van der Waals surface area contributed by atoms with Crippen molar-refractivity contribution in [1.82, 2.24) is 4.98 Å². The number of ether oxygens (including phenoxy) is 1. The molecule has 0 aliphatic carbocycles. The Kier molecular flexibility index (Phi) is 6.59. The van der Waals surface area contributed by atoms with Gasteiger partial charge in [-0.05, 0) is 85.6 Å². The first-order valence-electron chi connectivity index (χ1n) is 9.56. The summed E-state index contributed by atoms with van der Waals surface area (Å²) in [5.41, 5.74) is 9.19. The summed E-state index contributed by atoms with van der Waals surface area (Å²) in [5.74, 6) is 1.95. The number of hydrogen-bond acceptors (Lipinski definition) is 4. The lowest BCUT2D eigenvalue weighted by Crippen LogP contribution is -2.01. The third-order valence-electron chi connectivity index (χ3n) is 4.58. The number of nitrogens with two attached hydrogens (primary N) is 1. The number of nitrogen functional groups attached to an aromatic ring is 1. The molecule has 1 heterocycles. The maximum atomic E-state index is 11.2. The van der Waals surface area contributed by atoms with E-state index in [1.54, 1.807) is 13.1 Å². The van der Waals surface area contributed by atoms with Gasteiger partial charge in [0.2, 0.25) is 0 Å². The first-order valence-corrected chi connectivity index (χ1v) is 9.56. The van der Waals surface area contributed by atoms with Crippen molar-refractivity contribution in [1.29, 1.82) is 0 Å². The number of ketones is 1. The van der Waals surface area contributed by atoms with Crippen LogP contribution in [0.3, 0.4) is 0 Å². The fraction of sp³-hybridized carbons (Fsp3) is 0.208. The van der Waals surface area contributed by atoms with E-state index in [9.17, 15) is 4.79 Å². The molecule has 0 fully saturated rings. The number of hydrogen-bond donors (Lipinski definition) is 1. The number of carbonyl (C=O) groups excluding carboxylic acids is 1. The van der Waals surface area contributed by atoms with E-state index in [0.29, 0.717) is 5.69 Å². The second-order valence-corrected chi connectivity index (χ2v) is 6.86.